The molecule has 1 aromatic carbocycles. The van der Waals surface area contributed by atoms with Crippen molar-refractivity contribution in [1.82, 2.24) is 4.98 Å². The van der Waals surface area contributed by atoms with E-state index in [1.807, 2.05) is 6.07 Å². The summed E-state index contributed by atoms with van der Waals surface area (Å²) in [5.74, 6) is -0.338. The topological polar surface area (TPSA) is 96.8 Å². The summed E-state index contributed by atoms with van der Waals surface area (Å²) in [5.41, 5.74) is 6.19. The minimum Gasteiger partial charge on any atom is -0.398 e. The van der Waals surface area contributed by atoms with Crippen molar-refractivity contribution >= 4 is 27.1 Å². The molecule has 2 N–H and O–H groups in total. The molecule has 2 rings (SSSR count). The molecular formula is C13H10ClN3O2S. The highest BCUT2D eigenvalue weighted by atomic mass is 35.5. The van der Waals surface area contributed by atoms with E-state index in [1.165, 1.54) is 24.4 Å². The van der Waals surface area contributed by atoms with Gasteiger partial charge >= 0.3 is 0 Å². The van der Waals surface area contributed by atoms with E-state index in [0.29, 0.717) is 10.6 Å². The van der Waals surface area contributed by atoms with Gasteiger partial charge in [0.1, 0.15) is 11.8 Å². The molecule has 102 valence electrons. The number of sulfone groups is 1. The summed E-state index contributed by atoms with van der Waals surface area (Å²) < 4.78 is 24.7. The highest BCUT2D eigenvalue weighted by molar-refractivity contribution is 7.90. The zero-order valence-electron chi connectivity index (χ0n) is 10.2. The molecule has 0 aliphatic carbocycles. The third-order valence-electron chi connectivity index (χ3n) is 2.65. The first-order valence-electron chi connectivity index (χ1n) is 5.56. The molecule has 0 atom stereocenters. The highest BCUT2D eigenvalue weighted by Gasteiger charge is 2.20. The number of pyridine rings is 1. The number of anilines is 1. The number of nitriles is 1. The third kappa shape index (κ3) is 2.90. The van der Waals surface area contributed by atoms with Crippen LogP contribution in [0.15, 0.2) is 41.4 Å². The minimum absolute atomic E-state index is 0.00496. The lowest BCUT2D eigenvalue weighted by Gasteiger charge is -2.08. The lowest BCUT2D eigenvalue weighted by Crippen LogP contribution is -2.09. The van der Waals surface area contributed by atoms with Crippen molar-refractivity contribution in [2.45, 2.75) is 10.6 Å². The van der Waals surface area contributed by atoms with Crippen LogP contribution in [-0.4, -0.2) is 13.4 Å². The molecule has 0 saturated carbocycles. The summed E-state index contributed by atoms with van der Waals surface area (Å²) in [6, 6.07) is 9.19. The molecule has 0 bridgehead atoms. The van der Waals surface area contributed by atoms with Crippen LogP contribution < -0.4 is 5.73 Å². The average molecular weight is 308 g/mol. The fourth-order valence-electron chi connectivity index (χ4n) is 1.74. The Morgan fingerprint density at radius 2 is 2.10 bits per heavy atom. The van der Waals surface area contributed by atoms with Crippen molar-refractivity contribution in [2.75, 3.05) is 5.73 Å². The second kappa shape index (κ2) is 5.49. The molecule has 2 aromatic rings. The summed E-state index contributed by atoms with van der Waals surface area (Å²) >= 11 is 5.75. The second-order valence-corrected chi connectivity index (χ2v) is 6.46. The van der Waals surface area contributed by atoms with Crippen LogP contribution >= 0.6 is 11.6 Å². The Labute approximate surface area is 121 Å². The Kier molecular flexibility index (Phi) is 3.93. The van der Waals surface area contributed by atoms with Crippen LogP contribution in [0.1, 0.15) is 11.3 Å². The van der Waals surface area contributed by atoms with Gasteiger partial charge in [-0.1, -0.05) is 17.7 Å². The second-order valence-electron chi connectivity index (χ2n) is 4.06. The van der Waals surface area contributed by atoms with E-state index >= 15 is 0 Å². The molecule has 5 nitrogen and oxygen atoms in total. The number of hydrogen-bond acceptors (Lipinski definition) is 5. The number of halogens is 1. The van der Waals surface area contributed by atoms with Crippen LogP contribution in [0.25, 0.3) is 0 Å². The smallest absolute Gasteiger partial charge is 0.184 e. The predicted octanol–water partition coefficient (Wildman–Crippen LogP) is 2.16. The molecule has 0 unspecified atom stereocenters. The van der Waals surface area contributed by atoms with Gasteiger partial charge in [-0.05, 0) is 24.3 Å². The standard InChI is InChI=1S/C13H10ClN3O2S/c14-10-3-4-13(11(16)6-10)20(18,19)8-9-2-1-5-17-12(9)7-15/h1-6H,8,16H2. The molecule has 0 radical (unpaired) electrons. The third-order valence-corrected chi connectivity index (χ3v) is 4.62. The average Bonchev–Trinajstić information content (AvgIpc) is 2.38. The number of hydrogen-bond donors (Lipinski definition) is 1. The molecule has 0 aliphatic rings. The summed E-state index contributed by atoms with van der Waals surface area (Å²) in [6.07, 6.45) is 1.44. The van der Waals surface area contributed by atoms with E-state index < -0.39 is 9.84 Å². The lowest BCUT2D eigenvalue weighted by molar-refractivity contribution is 0.595. The number of nitrogens with two attached hydrogens (primary N) is 1. The quantitative estimate of drug-likeness (QED) is 0.876. The van der Waals surface area contributed by atoms with Crippen LogP contribution in [-0.2, 0) is 15.6 Å². The predicted molar refractivity (Wildman–Crippen MR) is 75.7 cm³/mol. The van der Waals surface area contributed by atoms with Gasteiger partial charge in [0.25, 0.3) is 0 Å². The van der Waals surface area contributed by atoms with Gasteiger partial charge in [-0.2, -0.15) is 5.26 Å². The van der Waals surface area contributed by atoms with Crippen molar-refractivity contribution in [2.24, 2.45) is 0 Å². The van der Waals surface area contributed by atoms with Crippen molar-refractivity contribution in [3.05, 3.63) is 52.8 Å². The molecule has 7 heteroatoms. The molecule has 20 heavy (non-hydrogen) atoms. The molecule has 0 spiro atoms. The molecule has 0 saturated heterocycles. The van der Waals surface area contributed by atoms with E-state index in [2.05, 4.69) is 4.98 Å². The summed E-state index contributed by atoms with van der Waals surface area (Å²) in [7, 11) is -3.67. The van der Waals surface area contributed by atoms with Gasteiger partial charge in [-0.15, -0.1) is 0 Å². The number of benzene rings is 1. The van der Waals surface area contributed by atoms with E-state index in [9.17, 15) is 8.42 Å². The molecule has 0 aliphatic heterocycles. The number of nitrogen functional groups attached to an aromatic ring is 1. The Hall–Kier alpha value is -2.10. The highest BCUT2D eigenvalue weighted by Crippen LogP contribution is 2.25. The monoisotopic (exact) mass is 307 g/mol. The molecule has 1 aromatic heterocycles. The van der Waals surface area contributed by atoms with Crippen LogP contribution in [0, 0.1) is 11.3 Å². The molecule has 0 fully saturated rings. The zero-order valence-corrected chi connectivity index (χ0v) is 11.8. The van der Waals surface area contributed by atoms with E-state index in [-0.39, 0.29) is 22.0 Å². The van der Waals surface area contributed by atoms with Crippen molar-refractivity contribution in [1.29, 1.82) is 5.26 Å². The van der Waals surface area contributed by atoms with E-state index in [1.54, 1.807) is 12.1 Å². The Balaban J connectivity index is 2.44. The first-order chi connectivity index (χ1) is 9.44. The summed E-state index contributed by atoms with van der Waals surface area (Å²) in [4.78, 5) is 3.83. The van der Waals surface area contributed by atoms with Gasteiger partial charge in [0.15, 0.2) is 9.84 Å². The van der Waals surface area contributed by atoms with E-state index in [4.69, 9.17) is 22.6 Å². The largest absolute Gasteiger partial charge is 0.398 e. The number of rotatable bonds is 3. The van der Waals surface area contributed by atoms with E-state index in [0.717, 1.165) is 0 Å². The maximum atomic E-state index is 12.3. The fourth-order valence-corrected chi connectivity index (χ4v) is 3.41. The molecule has 1 heterocycles. The maximum Gasteiger partial charge on any atom is 0.184 e. The number of aromatic nitrogens is 1. The van der Waals surface area contributed by atoms with Crippen molar-refractivity contribution < 1.29 is 8.42 Å². The van der Waals surface area contributed by atoms with Gasteiger partial charge in [-0.25, -0.2) is 13.4 Å². The first-order valence-corrected chi connectivity index (χ1v) is 7.59. The van der Waals surface area contributed by atoms with Gasteiger partial charge < -0.3 is 5.73 Å². The SMILES string of the molecule is N#Cc1ncccc1CS(=O)(=O)c1ccc(Cl)cc1N. The Morgan fingerprint density at radius 3 is 2.75 bits per heavy atom. The van der Waals surface area contributed by atoms with Crippen molar-refractivity contribution in [3.8, 4) is 6.07 Å². The maximum absolute atomic E-state index is 12.3. The van der Waals surface area contributed by atoms with Crippen LogP contribution in [0.2, 0.25) is 5.02 Å². The molecular weight excluding hydrogens is 298 g/mol. The zero-order chi connectivity index (χ0) is 14.8. The van der Waals surface area contributed by atoms with Crippen LogP contribution in [0.5, 0.6) is 0 Å². The van der Waals surface area contributed by atoms with Gasteiger partial charge in [0, 0.05) is 16.8 Å². The van der Waals surface area contributed by atoms with Crippen LogP contribution in [0.3, 0.4) is 0 Å². The summed E-state index contributed by atoms with van der Waals surface area (Å²) in [5, 5.41) is 9.29. The van der Waals surface area contributed by atoms with Crippen LogP contribution in [0.4, 0.5) is 5.69 Å². The number of nitrogens with zero attached hydrogens (tertiary/aromatic N) is 2. The summed E-state index contributed by atoms with van der Waals surface area (Å²) in [6.45, 7) is 0. The Bertz CT molecular complexity index is 798. The van der Waals surface area contributed by atoms with Crippen molar-refractivity contribution in [3.63, 3.8) is 0 Å². The lowest BCUT2D eigenvalue weighted by atomic mass is 10.2. The van der Waals surface area contributed by atoms with Gasteiger partial charge in [-0.3, -0.25) is 0 Å². The van der Waals surface area contributed by atoms with Gasteiger partial charge in [0.05, 0.1) is 16.3 Å². The van der Waals surface area contributed by atoms with Gasteiger partial charge in [0.2, 0.25) is 0 Å². The Morgan fingerprint density at radius 1 is 1.35 bits per heavy atom. The minimum atomic E-state index is -3.67. The first kappa shape index (κ1) is 14.3. The normalized spacial score (nSPS) is 11.0. The molecule has 0 amide bonds. The fraction of sp³-hybridized carbons (Fsp3) is 0.0769.